The first-order chi connectivity index (χ1) is 9.22. The summed E-state index contributed by atoms with van der Waals surface area (Å²) in [5, 5.41) is 0. The van der Waals surface area contributed by atoms with E-state index in [2.05, 4.69) is 16.8 Å². The summed E-state index contributed by atoms with van der Waals surface area (Å²) in [6, 6.07) is 13.7. The fourth-order valence-corrected chi connectivity index (χ4v) is 1.89. The molecule has 0 aliphatic carbocycles. The summed E-state index contributed by atoms with van der Waals surface area (Å²) in [7, 11) is 1.63. The van der Waals surface area contributed by atoms with E-state index in [0.717, 1.165) is 24.6 Å². The molecule has 4 heteroatoms. The van der Waals surface area contributed by atoms with Crippen LogP contribution in [0.2, 0.25) is 0 Å². The molecule has 0 bridgehead atoms. The van der Waals surface area contributed by atoms with Crippen LogP contribution in [0.25, 0.3) is 0 Å². The quantitative estimate of drug-likeness (QED) is 0.837. The molecule has 2 rings (SSSR count). The molecule has 0 atom stereocenters. The highest BCUT2D eigenvalue weighted by Gasteiger charge is 2.07. The maximum absolute atomic E-state index is 5.70. The molecule has 0 saturated carbocycles. The number of benzene rings is 1. The molecule has 1 heterocycles. The van der Waals surface area contributed by atoms with Crippen LogP contribution in [0.4, 0.5) is 11.5 Å². The van der Waals surface area contributed by atoms with Gasteiger partial charge in [0.15, 0.2) is 0 Å². The Labute approximate surface area is 113 Å². The van der Waals surface area contributed by atoms with Gasteiger partial charge >= 0.3 is 0 Å². The first-order valence-corrected chi connectivity index (χ1v) is 6.33. The molecule has 0 unspecified atom stereocenters. The number of aromatic nitrogens is 1. The Morgan fingerprint density at radius 2 is 1.89 bits per heavy atom. The van der Waals surface area contributed by atoms with Gasteiger partial charge in [0.2, 0.25) is 5.88 Å². The van der Waals surface area contributed by atoms with Crippen LogP contribution in [0.3, 0.4) is 0 Å². The second kappa shape index (κ2) is 6.09. The number of anilines is 2. The van der Waals surface area contributed by atoms with E-state index in [-0.39, 0.29) is 0 Å². The van der Waals surface area contributed by atoms with Crippen molar-refractivity contribution < 1.29 is 4.74 Å². The highest BCUT2D eigenvalue weighted by molar-refractivity contribution is 5.44. The van der Waals surface area contributed by atoms with E-state index in [1.165, 1.54) is 5.56 Å². The lowest BCUT2D eigenvalue weighted by atomic mass is 10.2. The maximum Gasteiger partial charge on any atom is 0.214 e. The predicted molar refractivity (Wildman–Crippen MR) is 78.4 cm³/mol. The lowest BCUT2D eigenvalue weighted by Crippen LogP contribution is -2.23. The number of hydrogen-bond donors (Lipinski definition) is 1. The minimum Gasteiger partial charge on any atom is -0.481 e. The lowest BCUT2D eigenvalue weighted by molar-refractivity contribution is 0.398. The Morgan fingerprint density at radius 1 is 1.16 bits per heavy atom. The van der Waals surface area contributed by atoms with Crippen molar-refractivity contribution in [3.05, 3.63) is 48.0 Å². The Morgan fingerprint density at radius 3 is 2.53 bits per heavy atom. The van der Waals surface area contributed by atoms with E-state index >= 15 is 0 Å². The number of methoxy groups -OCH3 is 1. The Hall–Kier alpha value is -2.23. The fourth-order valence-electron chi connectivity index (χ4n) is 1.89. The van der Waals surface area contributed by atoms with Crippen molar-refractivity contribution in [3.8, 4) is 5.88 Å². The molecule has 1 aromatic heterocycles. The van der Waals surface area contributed by atoms with E-state index in [1.807, 2.05) is 42.5 Å². The van der Waals surface area contributed by atoms with Crippen molar-refractivity contribution >= 4 is 11.5 Å². The van der Waals surface area contributed by atoms with Gasteiger partial charge in [0.25, 0.3) is 0 Å². The van der Waals surface area contributed by atoms with Crippen LogP contribution in [0.1, 0.15) is 12.5 Å². The Balaban J connectivity index is 2.17. The van der Waals surface area contributed by atoms with Gasteiger partial charge in [-0.1, -0.05) is 18.2 Å². The minimum atomic E-state index is 0.633. The molecular formula is C15H19N3O. The van der Waals surface area contributed by atoms with Crippen molar-refractivity contribution in [2.24, 2.45) is 0 Å². The molecule has 0 radical (unpaired) electrons. The molecule has 100 valence electrons. The molecule has 0 saturated heterocycles. The number of nitrogen functional groups attached to an aromatic ring is 1. The van der Waals surface area contributed by atoms with Crippen LogP contribution in [-0.2, 0) is 6.54 Å². The van der Waals surface area contributed by atoms with Crippen LogP contribution in [-0.4, -0.2) is 18.6 Å². The molecule has 0 amide bonds. The topological polar surface area (TPSA) is 51.4 Å². The number of nitrogens with zero attached hydrogens (tertiary/aromatic N) is 2. The van der Waals surface area contributed by atoms with Crippen molar-refractivity contribution in [1.29, 1.82) is 0 Å². The third-order valence-electron chi connectivity index (χ3n) is 2.98. The van der Waals surface area contributed by atoms with Crippen LogP contribution in [0.15, 0.2) is 42.5 Å². The normalized spacial score (nSPS) is 10.2. The summed E-state index contributed by atoms with van der Waals surface area (Å²) in [5.41, 5.74) is 7.69. The predicted octanol–water partition coefficient (Wildman–Crippen LogP) is 2.70. The zero-order chi connectivity index (χ0) is 13.7. The number of rotatable bonds is 5. The zero-order valence-electron chi connectivity index (χ0n) is 11.3. The molecular weight excluding hydrogens is 238 g/mol. The molecule has 4 nitrogen and oxygen atoms in total. The largest absolute Gasteiger partial charge is 0.481 e. The SMILES string of the molecule is CCN(Cc1ccc(N)cc1)c1cccc(OC)n1. The van der Waals surface area contributed by atoms with Crippen LogP contribution < -0.4 is 15.4 Å². The average molecular weight is 257 g/mol. The van der Waals surface area contributed by atoms with Crippen molar-refractivity contribution in [3.63, 3.8) is 0 Å². The van der Waals surface area contributed by atoms with Gasteiger partial charge < -0.3 is 15.4 Å². The molecule has 2 aromatic rings. The van der Waals surface area contributed by atoms with E-state index in [9.17, 15) is 0 Å². The lowest BCUT2D eigenvalue weighted by Gasteiger charge is -2.22. The van der Waals surface area contributed by atoms with Crippen molar-refractivity contribution in [1.82, 2.24) is 4.98 Å². The smallest absolute Gasteiger partial charge is 0.214 e. The standard InChI is InChI=1S/C15H19N3O/c1-3-18(11-12-7-9-13(16)10-8-12)14-5-4-6-15(17-14)19-2/h4-10H,3,11,16H2,1-2H3. The van der Waals surface area contributed by atoms with E-state index in [0.29, 0.717) is 5.88 Å². The first kappa shape index (κ1) is 13.2. The summed E-state index contributed by atoms with van der Waals surface area (Å²) >= 11 is 0. The van der Waals surface area contributed by atoms with Crippen LogP contribution >= 0.6 is 0 Å². The third kappa shape index (κ3) is 3.37. The summed E-state index contributed by atoms with van der Waals surface area (Å²) in [6.45, 7) is 3.79. The number of ether oxygens (including phenoxy) is 1. The molecule has 0 aliphatic heterocycles. The minimum absolute atomic E-state index is 0.633. The van der Waals surface area contributed by atoms with Crippen molar-refractivity contribution in [2.75, 3.05) is 24.3 Å². The van der Waals surface area contributed by atoms with Gasteiger partial charge in [-0.05, 0) is 30.7 Å². The Bertz CT molecular complexity index is 525. The van der Waals surface area contributed by atoms with Crippen LogP contribution in [0.5, 0.6) is 5.88 Å². The molecule has 0 aliphatic rings. The second-order valence-electron chi connectivity index (χ2n) is 4.29. The van der Waals surface area contributed by atoms with Gasteiger partial charge in [0.1, 0.15) is 5.82 Å². The third-order valence-corrected chi connectivity index (χ3v) is 2.98. The summed E-state index contributed by atoms with van der Waals surface area (Å²) in [4.78, 5) is 6.64. The molecule has 0 spiro atoms. The zero-order valence-corrected chi connectivity index (χ0v) is 11.3. The van der Waals surface area contributed by atoms with E-state index in [4.69, 9.17) is 10.5 Å². The van der Waals surface area contributed by atoms with Gasteiger partial charge in [0, 0.05) is 24.8 Å². The highest BCUT2D eigenvalue weighted by atomic mass is 16.5. The molecule has 1 aromatic carbocycles. The summed E-state index contributed by atoms with van der Waals surface area (Å²) in [6.07, 6.45) is 0. The Kier molecular flexibility index (Phi) is 4.23. The van der Waals surface area contributed by atoms with Gasteiger partial charge in [-0.15, -0.1) is 0 Å². The van der Waals surface area contributed by atoms with Gasteiger partial charge in [-0.3, -0.25) is 0 Å². The van der Waals surface area contributed by atoms with Crippen LogP contribution in [0, 0.1) is 0 Å². The molecule has 19 heavy (non-hydrogen) atoms. The fraction of sp³-hybridized carbons (Fsp3) is 0.267. The van der Waals surface area contributed by atoms with Crippen molar-refractivity contribution in [2.45, 2.75) is 13.5 Å². The molecule has 2 N–H and O–H groups in total. The molecule has 0 fully saturated rings. The van der Waals surface area contributed by atoms with Gasteiger partial charge in [-0.2, -0.15) is 4.98 Å². The summed E-state index contributed by atoms with van der Waals surface area (Å²) in [5.74, 6) is 1.55. The van der Waals surface area contributed by atoms with Gasteiger partial charge in [-0.25, -0.2) is 0 Å². The number of hydrogen-bond acceptors (Lipinski definition) is 4. The second-order valence-corrected chi connectivity index (χ2v) is 4.29. The van der Waals surface area contributed by atoms with Gasteiger partial charge in [0.05, 0.1) is 7.11 Å². The average Bonchev–Trinajstić information content (AvgIpc) is 2.46. The first-order valence-electron chi connectivity index (χ1n) is 6.33. The highest BCUT2D eigenvalue weighted by Crippen LogP contribution is 2.18. The number of pyridine rings is 1. The summed E-state index contributed by atoms with van der Waals surface area (Å²) < 4.78 is 5.16. The van der Waals surface area contributed by atoms with E-state index < -0.39 is 0 Å². The monoisotopic (exact) mass is 257 g/mol. The maximum atomic E-state index is 5.70. The number of nitrogens with two attached hydrogens (primary N) is 1. The van der Waals surface area contributed by atoms with E-state index in [1.54, 1.807) is 7.11 Å².